The van der Waals surface area contributed by atoms with Gasteiger partial charge in [0.15, 0.2) is 5.54 Å². The van der Waals surface area contributed by atoms with Gasteiger partial charge in [-0.25, -0.2) is 9.59 Å². The highest BCUT2D eigenvalue weighted by Gasteiger charge is 2.44. The Hall–Kier alpha value is -1.79. The number of benzene rings is 1. The molecule has 3 N–H and O–H groups in total. The molecule has 1 atom stereocenters. The van der Waals surface area contributed by atoms with Gasteiger partial charge < -0.3 is 20.5 Å². The highest BCUT2D eigenvalue weighted by atomic mass is 35.5. The number of carboxylic acids is 1. The van der Waals surface area contributed by atoms with E-state index in [-0.39, 0.29) is 13.0 Å². The van der Waals surface area contributed by atoms with Gasteiger partial charge in [0.2, 0.25) is 0 Å². The summed E-state index contributed by atoms with van der Waals surface area (Å²) >= 11 is 5.96. The second kappa shape index (κ2) is 5.68. The molecule has 1 heterocycles. The maximum Gasteiger partial charge on any atom is 0.332 e. The number of urea groups is 1. The lowest BCUT2D eigenvalue weighted by Crippen LogP contribution is -2.56. The molecule has 0 aromatic heterocycles. The minimum absolute atomic E-state index is 0.0374. The summed E-state index contributed by atoms with van der Waals surface area (Å²) < 4.78 is 5.07. The van der Waals surface area contributed by atoms with E-state index in [4.69, 9.17) is 16.3 Å². The number of amides is 2. The van der Waals surface area contributed by atoms with E-state index in [1.165, 1.54) is 0 Å². The van der Waals surface area contributed by atoms with Crippen molar-refractivity contribution >= 4 is 29.3 Å². The Balaban J connectivity index is 2.09. The van der Waals surface area contributed by atoms with Gasteiger partial charge in [-0.1, -0.05) is 17.7 Å². The monoisotopic (exact) mass is 298 g/mol. The number of halogens is 1. The van der Waals surface area contributed by atoms with Crippen molar-refractivity contribution in [1.82, 2.24) is 5.32 Å². The third-order valence-electron chi connectivity index (χ3n) is 3.30. The number of nitrogens with one attached hydrogen (secondary N) is 2. The lowest BCUT2D eigenvalue weighted by Gasteiger charge is -2.24. The van der Waals surface area contributed by atoms with Crippen molar-refractivity contribution in [2.75, 3.05) is 18.5 Å². The van der Waals surface area contributed by atoms with Crippen LogP contribution in [0, 0.1) is 6.92 Å². The van der Waals surface area contributed by atoms with Crippen LogP contribution >= 0.6 is 11.6 Å². The van der Waals surface area contributed by atoms with Crippen molar-refractivity contribution in [2.45, 2.75) is 18.9 Å². The molecule has 0 bridgehead atoms. The van der Waals surface area contributed by atoms with Gasteiger partial charge in [-0.2, -0.15) is 0 Å². The number of ether oxygens (including phenoxy) is 1. The van der Waals surface area contributed by atoms with Crippen LogP contribution in [-0.4, -0.2) is 35.9 Å². The second-order valence-corrected chi connectivity index (χ2v) is 5.09. The molecule has 1 aromatic rings. The topological polar surface area (TPSA) is 87.7 Å². The molecule has 0 radical (unpaired) electrons. The van der Waals surface area contributed by atoms with Gasteiger partial charge in [0, 0.05) is 23.7 Å². The van der Waals surface area contributed by atoms with Crippen molar-refractivity contribution in [3.63, 3.8) is 0 Å². The second-order valence-electron chi connectivity index (χ2n) is 4.68. The third kappa shape index (κ3) is 2.86. The third-order valence-corrected chi connectivity index (χ3v) is 3.71. The molecule has 20 heavy (non-hydrogen) atoms. The first-order chi connectivity index (χ1) is 9.44. The van der Waals surface area contributed by atoms with Gasteiger partial charge in [-0.05, 0) is 24.6 Å². The van der Waals surface area contributed by atoms with Gasteiger partial charge in [-0.3, -0.25) is 0 Å². The van der Waals surface area contributed by atoms with Crippen LogP contribution in [0.25, 0.3) is 0 Å². The summed E-state index contributed by atoms with van der Waals surface area (Å²) in [5.41, 5.74) is -0.109. The molecule has 6 nitrogen and oxygen atoms in total. The lowest BCUT2D eigenvalue weighted by molar-refractivity contribution is -0.144. The summed E-state index contributed by atoms with van der Waals surface area (Å²) in [6, 6.07) is 4.52. The summed E-state index contributed by atoms with van der Waals surface area (Å²) in [5.74, 6) is -1.10. The number of aliphatic carboxylic acids is 1. The Labute approximate surface area is 121 Å². The van der Waals surface area contributed by atoms with Gasteiger partial charge in [0.05, 0.1) is 6.61 Å². The first-order valence-electron chi connectivity index (χ1n) is 6.10. The molecule has 1 saturated heterocycles. The van der Waals surface area contributed by atoms with Crippen molar-refractivity contribution < 1.29 is 19.4 Å². The van der Waals surface area contributed by atoms with Crippen molar-refractivity contribution in [3.05, 3.63) is 28.8 Å². The predicted molar refractivity (Wildman–Crippen MR) is 74.1 cm³/mol. The number of hydrogen-bond acceptors (Lipinski definition) is 3. The van der Waals surface area contributed by atoms with Crippen LogP contribution in [0.1, 0.15) is 12.0 Å². The Morgan fingerprint density at radius 3 is 2.80 bits per heavy atom. The summed E-state index contributed by atoms with van der Waals surface area (Å²) in [6.45, 7) is 2.04. The quantitative estimate of drug-likeness (QED) is 0.796. The minimum atomic E-state index is -1.36. The Morgan fingerprint density at radius 2 is 2.20 bits per heavy atom. The number of rotatable bonds is 3. The van der Waals surface area contributed by atoms with Crippen LogP contribution in [0.5, 0.6) is 0 Å². The highest BCUT2D eigenvalue weighted by molar-refractivity contribution is 6.31. The van der Waals surface area contributed by atoms with Crippen LogP contribution in [0.2, 0.25) is 5.02 Å². The van der Waals surface area contributed by atoms with Crippen LogP contribution in [0.4, 0.5) is 10.5 Å². The van der Waals surface area contributed by atoms with E-state index in [9.17, 15) is 14.7 Å². The van der Waals surface area contributed by atoms with E-state index in [2.05, 4.69) is 10.6 Å². The maximum absolute atomic E-state index is 12.0. The zero-order chi connectivity index (χ0) is 14.8. The largest absolute Gasteiger partial charge is 0.479 e. The van der Waals surface area contributed by atoms with Crippen molar-refractivity contribution in [2.24, 2.45) is 0 Å². The number of carbonyl (C=O) groups excluding carboxylic acids is 1. The standard InChI is InChI=1S/C13H15ClN2O4/c1-8-9(14)3-2-4-10(8)15-12(19)16-13(11(17)18)5-6-20-7-13/h2-4H,5-7H2,1H3,(H,17,18)(H2,15,16,19). The number of carboxylic acid groups (broad SMARTS) is 1. The molecule has 1 aliphatic heterocycles. The van der Waals surface area contributed by atoms with Crippen LogP contribution in [-0.2, 0) is 9.53 Å². The van der Waals surface area contributed by atoms with E-state index in [0.29, 0.717) is 17.3 Å². The molecule has 0 spiro atoms. The fourth-order valence-corrected chi connectivity index (χ4v) is 2.17. The summed E-state index contributed by atoms with van der Waals surface area (Å²) in [5, 5.41) is 14.8. The Morgan fingerprint density at radius 1 is 1.45 bits per heavy atom. The summed E-state index contributed by atoms with van der Waals surface area (Å²) in [6.07, 6.45) is 0.240. The highest BCUT2D eigenvalue weighted by Crippen LogP contribution is 2.24. The summed E-state index contributed by atoms with van der Waals surface area (Å²) in [4.78, 5) is 23.2. The SMILES string of the molecule is Cc1c(Cl)cccc1NC(=O)NC1(C(=O)O)CCOC1. The molecule has 1 aliphatic rings. The number of hydrogen-bond donors (Lipinski definition) is 3. The molecule has 1 aromatic carbocycles. The van der Waals surface area contributed by atoms with Crippen LogP contribution < -0.4 is 10.6 Å². The predicted octanol–water partition coefficient (Wildman–Crippen LogP) is 2.01. The van der Waals surface area contributed by atoms with Crippen molar-refractivity contribution in [3.8, 4) is 0 Å². The number of anilines is 1. The first kappa shape index (κ1) is 14.6. The van der Waals surface area contributed by atoms with E-state index >= 15 is 0 Å². The molecule has 108 valence electrons. The average molecular weight is 299 g/mol. The average Bonchev–Trinajstić information content (AvgIpc) is 2.85. The molecule has 1 fully saturated rings. The maximum atomic E-state index is 12.0. The van der Waals surface area contributed by atoms with Gasteiger partial charge in [-0.15, -0.1) is 0 Å². The molecule has 2 amide bonds. The fourth-order valence-electron chi connectivity index (χ4n) is 2.00. The number of carbonyl (C=O) groups is 2. The van der Waals surface area contributed by atoms with Gasteiger partial charge >= 0.3 is 12.0 Å². The van der Waals surface area contributed by atoms with E-state index < -0.39 is 17.5 Å². The van der Waals surface area contributed by atoms with Gasteiger partial charge in [0.25, 0.3) is 0 Å². The van der Waals surface area contributed by atoms with E-state index in [1.54, 1.807) is 25.1 Å². The van der Waals surface area contributed by atoms with Crippen molar-refractivity contribution in [1.29, 1.82) is 0 Å². The molecule has 0 saturated carbocycles. The zero-order valence-electron chi connectivity index (χ0n) is 10.9. The molecule has 7 heteroatoms. The molecular formula is C13H15ClN2O4. The molecule has 1 unspecified atom stereocenters. The Bertz CT molecular complexity index is 541. The van der Waals surface area contributed by atoms with Crippen LogP contribution in [0.15, 0.2) is 18.2 Å². The molecular weight excluding hydrogens is 284 g/mol. The van der Waals surface area contributed by atoms with E-state index in [1.807, 2.05) is 0 Å². The van der Waals surface area contributed by atoms with Gasteiger partial charge in [0.1, 0.15) is 0 Å². The zero-order valence-corrected chi connectivity index (χ0v) is 11.7. The van der Waals surface area contributed by atoms with E-state index in [0.717, 1.165) is 5.56 Å². The normalized spacial score (nSPS) is 21.5. The minimum Gasteiger partial charge on any atom is -0.479 e. The lowest BCUT2D eigenvalue weighted by atomic mass is 9.99. The molecule has 2 rings (SSSR count). The fraction of sp³-hybridized carbons (Fsp3) is 0.385. The first-order valence-corrected chi connectivity index (χ1v) is 6.48. The summed E-state index contributed by atoms with van der Waals surface area (Å²) in [7, 11) is 0. The Kier molecular flexibility index (Phi) is 4.15. The smallest absolute Gasteiger partial charge is 0.332 e. The van der Waals surface area contributed by atoms with Crippen LogP contribution in [0.3, 0.4) is 0 Å². The molecule has 0 aliphatic carbocycles.